The lowest BCUT2D eigenvalue weighted by molar-refractivity contribution is -0.214. The Labute approximate surface area is 435 Å². The number of Topliss-reactive ketones (excluding diaryl/α,β-unsaturated/α-hetero) is 5. The van der Waals surface area contributed by atoms with Crippen LogP contribution in [0.25, 0.3) is 0 Å². The number of ether oxygens (including phenoxy) is 1. The number of rotatable bonds is 47. The van der Waals surface area contributed by atoms with Crippen molar-refractivity contribution >= 4 is 34.7 Å². The van der Waals surface area contributed by atoms with E-state index < -0.39 is 88.8 Å². The Morgan fingerprint density at radius 1 is 0.472 bits per heavy atom. The van der Waals surface area contributed by atoms with Crippen LogP contribution in [0, 0.1) is 0 Å². The molecule has 1 saturated heterocycles. The Hall–Kier alpha value is -3.13. The summed E-state index contributed by atoms with van der Waals surface area (Å²) in [5.41, 5.74) is -8.87. The molecule has 1 aromatic rings. The van der Waals surface area contributed by atoms with E-state index in [1.54, 1.807) is 0 Å². The van der Waals surface area contributed by atoms with Crippen LogP contribution in [0.2, 0.25) is 0 Å². The summed E-state index contributed by atoms with van der Waals surface area (Å²) in [5, 5.41) is 39.3. The van der Waals surface area contributed by atoms with Gasteiger partial charge in [0, 0.05) is 38.3 Å². The lowest BCUT2D eigenvalue weighted by Crippen LogP contribution is -2.77. The second-order valence-electron chi connectivity index (χ2n) is 21.3. The summed E-state index contributed by atoms with van der Waals surface area (Å²) in [5.74, 6) is -5.32. The highest BCUT2D eigenvalue weighted by Crippen LogP contribution is 2.58. The van der Waals surface area contributed by atoms with Crippen LogP contribution in [0.5, 0.6) is 0 Å². The second kappa shape index (κ2) is 36.0. The first-order valence-corrected chi connectivity index (χ1v) is 29.5. The molecule has 1 aliphatic heterocycles. The van der Waals surface area contributed by atoms with Gasteiger partial charge in [-0.1, -0.05) is 227 Å². The lowest BCUT2D eigenvalue weighted by atomic mass is 9.61. The summed E-state index contributed by atoms with van der Waals surface area (Å²) < 4.78 is 7.27. The van der Waals surface area contributed by atoms with Crippen LogP contribution in [0.3, 0.4) is 0 Å². The fraction of sp³-hybridized carbons (Fsp3) is 0.847. The SMILES string of the molecule is CCCCCCCCCC(=O)c1cn([C@]2(C(=O)CCCCCCCCC)O[C@@](CO)(C(=O)CCCCCCCCC)[C@](O)(C(=O)CCCCCCCCC)[C@]2(O)C(=O)CCCCCCCCC)c(=O)nc1N. The molecule has 13 heteroatoms. The van der Waals surface area contributed by atoms with E-state index in [0.717, 1.165) is 173 Å². The van der Waals surface area contributed by atoms with Gasteiger partial charge in [0.25, 0.3) is 0 Å². The van der Waals surface area contributed by atoms with E-state index in [1.807, 2.05) is 0 Å². The minimum absolute atomic E-state index is 0.0114. The van der Waals surface area contributed by atoms with E-state index in [0.29, 0.717) is 36.7 Å². The topological polar surface area (TPSA) is 216 Å². The fourth-order valence-electron chi connectivity index (χ4n) is 10.9. The predicted octanol–water partition coefficient (Wildman–Crippen LogP) is 12.9. The molecule has 1 fully saturated rings. The first-order valence-electron chi connectivity index (χ1n) is 29.5. The van der Waals surface area contributed by atoms with Gasteiger partial charge in [-0.3, -0.25) is 28.5 Å². The minimum Gasteiger partial charge on any atom is -0.393 e. The van der Waals surface area contributed by atoms with Crippen molar-refractivity contribution in [2.45, 2.75) is 314 Å². The van der Waals surface area contributed by atoms with Crippen LogP contribution < -0.4 is 11.4 Å². The first-order chi connectivity index (χ1) is 34.7. The molecule has 13 nitrogen and oxygen atoms in total. The molecular formula is C59H103N3O10. The zero-order valence-electron chi connectivity index (χ0n) is 46.2. The number of anilines is 1. The molecule has 0 amide bonds. The molecule has 5 N–H and O–H groups in total. The number of hydrogen-bond donors (Lipinski definition) is 4. The van der Waals surface area contributed by atoms with Gasteiger partial charge in [0.15, 0.2) is 34.5 Å². The summed E-state index contributed by atoms with van der Waals surface area (Å²) in [6, 6.07) is 0. The van der Waals surface area contributed by atoms with Gasteiger partial charge in [-0.25, -0.2) is 4.79 Å². The van der Waals surface area contributed by atoms with Crippen molar-refractivity contribution in [3.63, 3.8) is 0 Å². The highest BCUT2D eigenvalue weighted by atomic mass is 16.6. The highest BCUT2D eigenvalue weighted by Gasteiger charge is 2.88. The van der Waals surface area contributed by atoms with Gasteiger partial charge in [-0.15, -0.1) is 0 Å². The van der Waals surface area contributed by atoms with E-state index in [2.05, 4.69) is 39.6 Å². The number of carbonyl (C=O) groups excluding carboxylic acids is 5. The average molecular weight is 1010 g/mol. The summed E-state index contributed by atoms with van der Waals surface area (Å²) in [7, 11) is 0. The molecule has 0 aromatic carbocycles. The van der Waals surface area contributed by atoms with Gasteiger partial charge >= 0.3 is 5.69 Å². The van der Waals surface area contributed by atoms with Crippen molar-refractivity contribution in [3.8, 4) is 0 Å². The van der Waals surface area contributed by atoms with Gasteiger partial charge in [-0.05, 0) is 32.1 Å². The number of nitrogens with two attached hydrogens (primary N) is 1. The van der Waals surface area contributed by atoms with Crippen LogP contribution in [-0.2, 0) is 29.6 Å². The number of hydrogen-bond acceptors (Lipinski definition) is 12. The zero-order valence-corrected chi connectivity index (χ0v) is 46.2. The molecule has 0 aliphatic carbocycles. The molecule has 2 heterocycles. The molecule has 0 bridgehead atoms. The van der Waals surface area contributed by atoms with Crippen molar-refractivity contribution in [2.24, 2.45) is 0 Å². The molecule has 0 spiro atoms. The molecule has 414 valence electrons. The van der Waals surface area contributed by atoms with Gasteiger partial charge in [0.2, 0.25) is 16.9 Å². The van der Waals surface area contributed by atoms with Gasteiger partial charge < -0.3 is 25.8 Å². The summed E-state index contributed by atoms with van der Waals surface area (Å²) in [6.07, 6.45) is 28.2. The number of aromatic nitrogens is 2. The molecule has 4 atom stereocenters. The van der Waals surface area contributed by atoms with Crippen LogP contribution in [0.1, 0.15) is 302 Å². The van der Waals surface area contributed by atoms with E-state index in [1.165, 1.54) is 0 Å². The van der Waals surface area contributed by atoms with E-state index >= 15 is 19.2 Å². The van der Waals surface area contributed by atoms with Gasteiger partial charge in [0.1, 0.15) is 5.82 Å². The number of aliphatic hydroxyl groups excluding tert-OH is 1. The third-order valence-electron chi connectivity index (χ3n) is 15.4. The van der Waals surface area contributed by atoms with Crippen LogP contribution in [-0.4, -0.2) is 77.2 Å². The predicted molar refractivity (Wildman–Crippen MR) is 289 cm³/mol. The average Bonchev–Trinajstić information content (AvgIpc) is 3.56. The summed E-state index contributed by atoms with van der Waals surface area (Å²) in [6.45, 7) is 9.21. The minimum atomic E-state index is -3.66. The highest BCUT2D eigenvalue weighted by molar-refractivity contribution is 6.11. The Morgan fingerprint density at radius 3 is 1.14 bits per heavy atom. The Morgan fingerprint density at radius 2 is 0.778 bits per heavy atom. The number of unbranched alkanes of at least 4 members (excludes halogenated alkanes) is 30. The third-order valence-corrected chi connectivity index (χ3v) is 15.4. The van der Waals surface area contributed by atoms with Crippen molar-refractivity contribution in [1.82, 2.24) is 9.55 Å². The zero-order chi connectivity index (χ0) is 53.3. The second-order valence-corrected chi connectivity index (χ2v) is 21.3. The van der Waals surface area contributed by atoms with Crippen molar-refractivity contribution < 1.29 is 44.0 Å². The van der Waals surface area contributed by atoms with E-state index in [9.17, 15) is 24.9 Å². The number of aliphatic hydroxyl groups is 3. The third kappa shape index (κ3) is 17.7. The molecule has 0 radical (unpaired) electrons. The van der Waals surface area contributed by atoms with Crippen LogP contribution in [0.4, 0.5) is 5.82 Å². The summed E-state index contributed by atoms with van der Waals surface area (Å²) >= 11 is 0. The Bertz CT molecular complexity index is 1800. The lowest BCUT2D eigenvalue weighted by Gasteiger charge is -2.45. The molecular weight excluding hydrogens is 911 g/mol. The van der Waals surface area contributed by atoms with Crippen LogP contribution in [0.15, 0.2) is 11.0 Å². The van der Waals surface area contributed by atoms with Crippen molar-refractivity contribution in [1.29, 1.82) is 0 Å². The fourth-order valence-corrected chi connectivity index (χ4v) is 10.9. The van der Waals surface area contributed by atoms with E-state index in [-0.39, 0.29) is 44.1 Å². The van der Waals surface area contributed by atoms with Crippen molar-refractivity contribution in [3.05, 3.63) is 22.2 Å². The standard InChI is InChI=1S/C59H103N3O10/c1-6-11-16-21-26-31-36-41-49(64)48-46-62(55(69)61-54(48)60)59(53(68)45-40-35-30-25-20-15-10-5)58(71,52(67)44-39-34-29-24-19-14-9-4)57(70,51(66)43-38-33-28-23-18-13-8-3)56(47-63,72-59)50(65)42-37-32-27-22-17-12-7-2/h46,63,70-71H,6-45,47H2,1-5H3,(H2,60,61,69)/t56-,57+,58+,59+/m0/s1. The van der Waals surface area contributed by atoms with Crippen LogP contribution >= 0.6 is 0 Å². The maximum absolute atomic E-state index is 15.7. The Kier molecular flexibility index (Phi) is 32.5. The molecule has 72 heavy (non-hydrogen) atoms. The van der Waals surface area contributed by atoms with Crippen molar-refractivity contribution in [2.75, 3.05) is 12.3 Å². The maximum Gasteiger partial charge on any atom is 0.352 e. The maximum atomic E-state index is 15.7. The number of nitrogens with zero attached hydrogens (tertiary/aromatic N) is 2. The molecule has 1 aliphatic rings. The molecule has 0 saturated carbocycles. The quantitative estimate of drug-likeness (QED) is 0.0354. The largest absolute Gasteiger partial charge is 0.393 e. The van der Waals surface area contributed by atoms with Gasteiger partial charge in [0.05, 0.1) is 12.2 Å². The summed E-state index contributed by atoms with van der Waals surface area (Å²) in [4.78, 5) is 94.5. The van der Waals surface area contributed by atoms with E-state index in [4.69, 9.17) is 10.5 Å². The monoisotopic (exact) mass is 1010 g/mol. The molecule has 2 rings (SSSR count). The normalized spacial score (nSPS) is 20.8. The number of ketones is 5. The number of nitrogen functional groups attached to an aromatic ring is 1. The van der Waals surface area contributed by atoms with Gasteiger partial charge in [-0.2, -0.15) is 4.98 Å². The first kappa shape index (κ1) is 65.0. The smallest absolute Gasteiger partial charge is 0.352 e. The molecule has 0 unspecified atom stereocenters. The Balaban J connectivity index is 3.01. The number of carbonyl (C=O) groups is 5. The molecule has 1 aromatic heterocycles.